The minimum Gasteiger partial charge on any atom is -0.496 e. The van der Waals surface area contributed by atoms with Crippen LogP contribution in [0.2, 0.25) is 5.02 Å². The quantitative estimate of drug-likeness (QED) is 0.622. The number of rotatable bonds is 3. The zero-order valence-corrected chi connectivity index (χ0v) is 15.5. The van der Waals surface area contributed by atoms with Crippen LogP contribution < -0.4 is 15.8 Å². The number of ether oxygens (including phenoxy) is 1. The van der Waals surface area contributed by atoms with Crippen LogP contribution in [0, 0.1) is 0 Å². The molecule has 1 amide bonds. The van der Waals surface area contributed by atoms with Crippen LogP contribution in [0.15, 0.2) is 23.2 Å². The van der Waals surface area contributed by atoms with Crippen LogP contribution in [-0.2, 0) is 0 Å². The highest BCUT2D eigenvalue weighted by Crippen LogP contribution is 2.22. The molecule has 1 aromatic carbocycles. The SMILES string of the molecule is COc1ccc(Cl)cc1C(=O)NC(N)=NC1CCCCCCC1.Cl. The summed E-state index contributed by atoms with van der Waals surface area (Å²) in [7, 11) is 1.51. The van der Waals surface area contributed by atoms with Crippen LogP contribution in [0.4, 0.5) is 0 Å². The predicted octanol–water partition coefficient (Wildman–Crippen LogP) is 3.93. The van der Waals surface area contributed by atoms with Crippen molar-refractivity contribution >= 4 is 35.9 Å². The molecule has 0 saturated heterocycles. The summed E-state index contributed by atoms with van der Waals surface area (Å²) in [6, 6.07) is 5.07. The Morgan fingerprint density at radius 2 is 1.88 bits per heavy atom. The number of benzene rings is 1. The molecule has 1 aliphatic carbocycles. The van der Waals surface area contributed by atoms with Gasteiger partial charge in [0.25, 0.3) is 5.91 Å². The molecular weight excluding hydrogens is 349 g/mol. The number of carbonyl (C=O) groups is 1. The van der Waals surface area contributed by atoms with Gasteiger partial charge >= 0.3 is 0 Å². The number of nitrogens with two attached hydrogens (primary N) is 1. The summed E-state index contributed by atoms with van der Waals surface area (Å²) in [5.41, 5.74) is 6.25. The van der Waals surface area contributed by atoms with E-state index in [1.165, 1.54) is 26.4 Å². The number of carbonyl (C=O) groups excluding carboxylic acids is 1. The fourth-order valence-electron chi connectivity index (χ4n) is 2.83. The van der Waals surface area contributed by atoms with Crippen molar-refractivity contribution in [1.29, 1.82) is 0 Å². The van der Waals surface area contributed by atoms with Gasteiger partial charge in [-0.2, -0.15) is 0 Å². The Labute approximate surface area is 154 Å². The van der Waals surface area contributed by atoms with Crippen molar-refractivity contribution in [2.24, 2.45) is 10.7 Å². The molecular formula is C17H25Cl2N3O2. The molecule has 1 saturated carbocycles. The normalized spacial score (nSPS) is 16.5. The summed E-state index contributed by atoms with van der Waals surface area (Å²) in [6.07, 6.45) is 8.18. The molecule has 1 aromatic rings. The molecule has 0 radical (unpaired) electrons. The van der Waals surface area contributed by atoms with E-state index in [0.29, 0.717) is 16.3 Å². The van der Waals surface area contributed by atoms with E-state index in [-0.39, 0.29) is 30.3 Å². The van der Waals surface area contributed by atoms with Gasteiger partial charge in [0.15, 0.2) is 5.96 Å². The van der Waals surface area contributed by atoms with Gasteiger partial charge in [0.1, 0.15) is 5.75 Å². The zero-order valence-electron chi connectivity index (χ0n) is 13.9. The Morgan fingerprint density at radius 1 is 1.25 bits per heavy atom. The molecule has 7 heteroatoms. The maximum Gasteiger partial charge on any atom is 0.261 e. The Morgan fingerprint density at radius 3 is 2.50 bits per heavy atom. The lowest BCUT2D eigenvalue weighted by Crippen LogP contribution is -2.38. The second kappa shape index (κ2) is 10.4. The molecule has 3 N–H and O–H groups in total. The van der Waals surface area contributed by atoms with Crippen molar-refractivity contribution < 1.29 is 9.53 Å². The lowest BCUT2D eigenvalue weighted by Gasteiger charge is -2.17. The standard InChI is InChI=1S/C17H24ClN3O2.ClH/c1-23-15-10-9-12(18)11-14(15)16(22)21-17(19)20-13-7-5-3-2-4-6-8-13;/h9-11,13H,2-8H2,1H3,(H3,19,20,21,22);1H. The molecule has 0 bridgehead atoms. The highest BCUT2D eigenvalue weighted by molar-refractivity contribution is 6.31. The monoisotopic (exact) mass is 373 g/mol. The first kappa shape index (κ1) is 20.6. The van der Waals surface area contributed by atoms with E-state index < -0.39 is 0 Å². The van der Waals surface area contributed by atoms with Crippen molar-refractivity contribution in [3.63, 3.8) is 0 Å². The van der Waals surface area contributed by atoms with Crippen LogP contribution in [0.5, 0.6) is 5.75 Å². The summed E-state index contributed by atoms with van der Waals surface area (Å²) in [6.45, 7) is 0. The maximum absolute atomic E-state index is 12.3. The fourth-order valence-corrected chi connectivity index (χ4v) is 3.01. The van der Waals surface area contributed by atoms with Gasteiger partial charge in [-0.25, -0.2) is 4.99 Å². The van der Waals surface area contributed by atoms with Crippen LogP contribution in [-0.4, -0.2) is 25.0 Å². The largest absolute Gasteiger partial charge is 0.496 e. The van der Waals surface area contributed by atoms with Crippen LogP contribution in [0.1, 0.15) is 55.3 Å². The molecule has 0 heterocycles. The number of nitrogens with one attached hydrogen (secondary N) is 1. The van der Waals surface area contributed by atoms with Crippen molar-refractivity contribution in [3.05, 3.63) is 28.8 Å². The van der Waals surface area contributed by atoms with Gasteiger partial charge in [-0.15, -0.1) is 12.4 Å². The van der Waals surface area contributed by atoms with E-state index in [0.717, 1.165) is 25.7 Å². The van der Waals surface area contributed by atoms with Gasteiger partial charge in [0, 0.05) is 5.02 Å². The van der Waals surface area contributed by atoms with Gasteiger partial charge in [-0.3, -0.25) is 10.1 Å². The molecule has 0 aliphatic heterocycles. The molecule has 0 unspecified atom stereocenters. The number of guanidine groups is 1. The van der Waals surface area contributed by atoms with Gasteiger partial charge in [0.05, 0.1) is 18.7 Å². The van der Waals surface area contributed by atoms with Gasteiger partial charge in [-0.1, -0.05) is 43.7 Å². The zero-order chi connectivity index (χ0) is 16.7. The van der Waals surface area contributed by atoms with E-state index in [4.69, 9.17) is 22.1 Å². The average molecular weight is 374 g/mol. The third-order valence-corrected chi connectivity index (χ3v) is 4.28. The number of hydrogen-bond donors (Lipinski definition) is 2. The molecule has 5 nitrogen and oxygen atoms in total. The number of aliphatic imine (C=N–C) groups is 1. The summed E-state index contributed by atoms with van der Waals surface area (Å²) in [5, 5.41) is 3.10. The second-order valence-electron chi connectivity index (χ2n) is 5.81. The topological polar surface area (TPSA) is 76.7 Å². The number of nitrogens with zero attached hydrogens (tertiary/aromatic N) is 1. The Kier molecular flexibility index (Phi) is 8.93. The first-order chi connectivity index (χ1) is 11.1. The Hall–Kier alpha value is -1.46. The molecule has 134 valence electrons. The average Bonchev–Trinajstić information content (AvgIpc) is 2.49. The molecule has 1 aliphatic rings. The Bertz CT molecular complexity index is 571. The summed E-state index contributed by atoms with van der Waals surface area (Å²) in [4.78, 5) is 16.8. The highest BCUT2D eigenvalue weighted by Gasteiger charge is 2.15. The van der Waals surface area contributed by atoms with Crippen LogP contribution in [0.25, 0.3) is 0 Å². The minimum absolute atomic E-state index is 0. The number of amides is 1. The number of halogens is 2. The summed E-state index contributed by atoms with van der Waals surface area (Å²) >= 11 is 5.95. The van der Waals surface area contributed by atoms with Crippen molar-refractivity contribution in [1.82, 2.24) is 5.32 Å². The number of methoxy groups -OCH3 is 1. The third kappa shape index (κ3) is 6.21. The molecule has 0 aromatic heterocycles. The summed E-state index contributed by atoms with van der Waals surface area (Å²) < 4.78 is 5.18. The van der Waals surface area contributed by atoms with Crippen molar-refractivity contribution in [2.45, 2.75) is 51.0 Å². The van der Waals surface area contributed by atoms with E-state index in [1.807, 2.05) is 0 Å². The van der Waals surface area contributed by atoms with Crippen LogP contribution >= 0.6 is 24.0 Å². The maximum atomic E-state index is 12.3. The first-order valence-electron chi connectivity index (χ1n) is 8.08. The number of hydrogen-bond acceptors (Lipinski definition) is 3. The minimum atomic E-state index is -0.364. The first-order valence-corrected chi connectivity index (χ1v) is 8.46. The Balaban J connectivity index is 0.00000288. The molecule has 0 spiro atoms. The van der Waals surface area contributed by atoms with Crippen molar-refractivity contribution in [2.75, 3.05) is 7.11 Å². The smallest absolute Gasteiger partial charge is 0.261 e. The van der Waals surface area contributed by atoms with Gasteiger partial charge < -0.3 is 10.5 Å². The molecule has 2 rings (SSSR count). The second-order valence-corrected chi connectivity index (χ2v) is 6.25. The van der Waals surface area contributed by atoms with E-state index in [1.54, 1.807) is 18.2 Å². The molecule has 24 heavy (non-hydrogen) atoms. The highest BCUT2D eigenvalue weighted by atomic mass is 35.5. The van der Waals surface area contributed by atoms with Gasteiger partial charge in [-0.05, 0) is 31.0 Å². The van der Waals surface area contributed by atoms with Crippen LogP contribution in [0.3, 0.4) is 0 Å². The van der Waals surface area contributed by atoms with E-state index >= 15 is 0 Å². The summed E-state index contributed by atoms with van der Waals surface area (Å²) in [5.74, 6) is 0.240. The lowest BCUT2D eigenvalue weighted by atomic mass is 9.97. The molecule has 1 fully saturated rings. The lowest BCUT2D eigenvalue weighted by molar-refractivity contribution is 0.0973. The van der Waals surface area contributed by atoms with E-state index in [2.05, 4.69) is 10.3 Å². The van der Waals surface area contributed by atoms with Crippen molar-refractivity contribution in [3.8, 4) is 5.75 Å². The predicted molar refractivity (Wildman–Crippen MR) is 100 cm³/mol. The fraction of sp³-hybridized carbons (Fsp3) is 0.529. The third-order valence-electron chi connectivity index (χ3n) is 4.04. The van der Waals surface area contributed by atoms with Gasteiger partial charge in [0.2, 0.25) is 0 Å². The molecule has 0 atom stereocenters. The van der Waals surface area contributed by atoms with E-state index in [9.17, 15) is 4.79 Å².